The second kappa shape index (κ2) is 14.1. The fourth-order valence-corrected chi connectivity index (χ4v) is 6.16. The van der Waals surface area contributed by atoms with E-state index in [0.717, 1.165) is 44.9 Å². The van der Waals surface area contributed by atoms with E-state index in [9.17, 15) is 15.2 Å². The summed E-state index contributed by atoms with van der Waals surface area (Å²) in [6, 6.07) is 24.8. The first-order chi connectivity index (χ1) is 22.4. The van der Waals surface area contributed by atoms with Crippen molar-refractivity contribution < 1.29 is 28.8 Å². The number of benzene rings is 4. The molecule has 9 heteroatoms. The Labute approximate surface area is 273 Å². The van der Waals surface area contributed by atoms with Crippen LogP contribution in [-0.4, -0.2) is 47.9 Å². The molecule has 2 atom stereocenters. The van der Waals surface area contributed by atoms with Gasteiger partial charge in [-0.1, -0.05) is 48.0 Å². The molecular formula is C37H33ClN2O6. The van der Waals surface area contributed by atoms with Crippen molar-refractivity contribution in [1.82, 2.24) is 4.90 Å². The van der Waals surface area contributed by atoms with Gasteiger partial charge in [0.2, 0.25) is 0 Å². The van der Waals surface area contributed by atoms with Crippen LogP contribution in [0.5, 0.6) is 23.0 Å². The minimum absolute atomic E-state index is 0.223. The van der Waals surface area contributed by atoms with Crippen molar-refractivity contribution in [1.29, 1.82) is 5.26 Å². The maximum atomic E-state index is 11.1. The number of ether oxygens (including phenoxy) is 4. The highest BCUT2D eigenvalue weighted by molar-refractivity contribution is 6.32. The number of fused-ring (bicyclic) bond motifs is 1. The first-order valence-electron chi connectivity index (χ1n) is 15.1. The molecule has 0 spiro atoms. The lowest BCUT2D eigenvalue weighted by atomic mass is 9.96. The van der Waals surface area contributed by atoms with Crippen molar-refractivity contribution in [2.45, 2.75) is 45.2 Å². The van der Waals surface area contributed by atoms with E-state index in [0.29, 0.717) is 54.8 Å². The van der Waals surface area contributed by atoms with Crippen LogP contribution < -0.4 is 18.9 Å². The molecular weight excluding hydrogens is 604 g/mol. The fourth-order valence-electron chi connectivity index (χ4n) is 5.92. The Hall–Kier alpha value is -4.77. The van der Waals surface area contributed by atoms with E-state index in [2.05, 4.69) is 19.1 Å². The largest absolute Gasteiger partial charge is 0.488 e. The molecule has 1 N–H and O–H groups in total. The first-order valence-corrected chi connectivity index (χ1v) is 15.5. The van der Waals surface area contributed by atoms with Crippen molar-refractivity contribution in [3.8, 4) is 40.2 Å². The second-order valence-electron chi connectivity index (χ2n) is 11.4. The Morgan fingerprint density at radius 1 is 0.978 bits per heavy atom. The molecule has 0 radical (unpaired) electrons. The molecule has 0 aliphatic carbocycles. The van der Waals surface area contributed by atoms with Crippen LogP contribution in [0.4, 0.5) is 0 Å². The number of nitrogens with zero attached hydrogens (tertiary/aromatic N) is 2. The molecule has 6 rings (SSSR count). The third-order valence-electron chi connectivity index (χ3n) is 8.31. The predicted octanol–water partition coefficient (Wildman–Crippen LogP) is 6.44. The van der Waals surface area contributed by atoms with Gasteiger partial charge in [-0.3, -0.25) is 4.90 Å². The van der Waals surface area contributed by atoms with Crippen molar-refractivity contribution in [2.24, 2.45) is 0 Å². The van der Waals surface area contributed by atoms with E-state index < -0.39 is 6.10 Å². The normalized spacial score (nSPS) is 17.2. The molecule has 46 heavy (non-hydrogen) atoms. The Balaban J connectivity index is 1.25. The molecule has 0 saturated carbocycles. The lowest BCUT2D eigenvalue weighted by Crippen LogP contribution is -2.28. The third kappa shape index (κ3) is 7.04. The molecule has 4 aromatic carbocycles. The summed E-state index contributed by atoms with van der Waals surface area (Å²) >= 11 is 6.79. The highest BCUT2D eigenvalue weighted by Crippen LogP contribution is 2.38. The molecule has 2 unspecified atom stereocenters. The zero-order chi connectivity index (χ0) is 32.0. The summed E-state index contributed by atoms with van der Waals surface area (Å²) in [6.07, 6.45) is 1.34. The monoisotopic (exact) mass is 636 g/mol. The summed E-state index contributed by atoms with van der Waals surface area (Å²) in [7, 11) is 0. The minimum Gasteiger partial charge on any atom is -0.488 e. The fraction of sp³-hybridized carbons (Fsp3) is 0.270. The maximum absolute atomic E-state index is 11.1. The average molecular weight is 637 g/mol. The van der Waals surface area contributed by atoms with Crippen LogP contribution in [0.2, 0.25) is 5.02 Å². The standard InChI is InChI=1S/C37H33ClN2O6/c1-24-28(6-3-7-32(24)27-8-9-34-37(16-27)44-13-12-43-34)23-46-36-18-35(45-22-26-5-2-4-25(14-26)19-39)29(15-33(36)38)20-40-21-31(42)17-30(40)10-11-41/h2-10,14-16,18,30-31,42H,12-13,17,20-23H2,1H3. The van der Waals surface area contributed by atoms with E-state index in [1.54, 1.807) is 18.2 Å². The molecule has 2 aliphatic rings. The minimum atomic E-state index is -0.549. The Morgan fingerprint density at radius 3 is 2.61 bits per heavy atom. The highest BCUT2D eigenvalue weighted by atomic mass is 35.5. The molecule has 2 aliphatic heterocycles. The van der Waals surface area contributed by atoms with Crippen molar-refractivity contribution in [3.05, 3.63) is 112 Å². The van der Waals surface area contributed by atoms with E-state index >= 15 is 0 Å². The van der Waals surface area contributed by atoms with Crippen LogP contribution in [0.25, 0.3) is 11.1 Å². The summed E-state index contributed by atoms with van der Waals surface area (Å²) in [6.45, 7) is 4.43. The van der Waals surface area contributed by atoms with Crippen molar-refractivity contribution in [3.63, 3.8) is 0 Å². The molecule has 0 aromatic heterocycles. The van der Waals surface area contributed by atoms with Crippen LogP contribution in [0.15, 0.2) is 78.9 Å². The summed E-state index contributed by atoms with van der Waals surface area (Å²) in [5.41, 5.74) is 6.33. The molecule has 1 saturated heterocycles. The number of aliphatic hydroxyl groups excluding tert-OH is 1. The third-order valence-corrected chi connectivity index (χ3v) is 8.60. The zero-order valence-corrected chi connectivity index (χ0v) is 26.1. The first kappa shape index (κ1) is 31.2. The van der Waals surface area contributed by atoms with Crippen LogP contribution in [0, 0.1) is 18.3 Å². The number of aliphatic hydroxyl groups is 1. The lowest BCUT2D eigenvalue weighted by molar-refractivity contribution is 0.171. The van der Waals surface area contributed by atoms with Crippen molar-refractivity contribution >= 4 is 17.5 Å². The quantitative estimate of drug-likeness (QED) is 0.199. The number of hydrogen-bond donors (Lipinski definition) is 1. The van der Waals surface area contributed by atoms with E-state index in [4.69, 9.17) is 30.5 Å². The molecule has 1 fully saturated rings. The predicted molar refractivity (Wildman–Crippen MR) is 174 cm³/mol. The summed E-state index contributed by atoms with van der Waals surface area (Å²) in [4.78, 5) is 13.1. The van der Waals surface area contributed by atoms with Gasteiger partial charge in [0.1, 0.15) is 43.9 Å². The number of hydrogen-bond acceptors (Lipinski definition) is 8. The van der Waals surface area contributed by atoms with Crippen LogP contribution in [0.1, 0.15) is 34.2 Å². The summed E-state index contributed by atoms with van der Waals surface area (Å²) in [5.74, 6) is 4.36. The van der Waals surface area contributed by atoms with E-state index in [1.807, 2.05) is 59.4 Å². The molecule has 234 valence electrons. The number of likely N-dealkylation sites (tertiary alicyclic amines) is 1. The van der Waals surface area contributed by atoms with Crippen LogP contribution in [-0.2, 0) is 24.6 Å². The van der Waals surface area contributed by atoms with Crippen molar-refractivity contribution in [2.75, 3.05) is 19.8 Å². The SMILES string of the molecule is Cc1c(COc2cc(OCc3cccc(C#N)c3)c(CN3CC(O)CC3C=C=O)cc2Cl)cccc1-c1ccc2c(c1)OCCO2. The Kier molecular flexibility index (Phi) is 9.58. The topological polar surface area (TPSA) is 101 Å². The molecule has 0 amide bonds. The highest BCUT2D eigenvalue weighted by Gasteiger charge is 2.30. The Morgan fingerprint density at radius 2 is 1.78 bits per heavy atom. The van der Waals surface area contributed by atoms with E-state index in [1.165, 1.54) is 6.08 Å². The number of β-amino-alcohol motifs (C(OH)–C–C–N with tert-alkyl or cyclic N) is 1. The zero-order valence-electron chi connectivity index (χ0n) is 25.4. The number of halogens is 1. The van der Waals surface area contributed by atoms with Gasteiger partial charge < -0.3 is 24.1 Å². The number of carbonyl (C=O) groups excluding carboxylic acids is 1. The lowest BCUT2D eigenvalue weighted by Gasteiger charge is -2.23. The van der Waals surface area contributed by atoms with Gasteiger partial charge in [-0.05, 0) is 71.5 Å². The number of nitriles is 1. The van der Waals surface area contributed by atoms with Gasteiger partial charge in [-0.2, -0.15) is 5.26 Å². The molecule has 8 nitrogen and oxygen atoms in total. The molecule has 2 heterocycles. The summed E-state index contributed by atoms with van der Waals surface area (Å²) < 4.78 is 24.1. The van der Waals surface area contributed by atoms with Gasteiger partial charge in [0.05, 0.1) is 22.8 Å². The number of rotatable bonds is 10. The smallest absolute Gasteiger partial charge is 0.161 e. The molecule has 0 bridgehead atoms. The van der Waals surface area contributed by atoms with Gasteiger partial charge in [-0.25, -0.2) is 4.79 Å². The van der Waals surface area contributed by atoms with Gasteiger partial charge >= 0.3 is 0 Å². The van der Waals surface area contributed by atoms with Gasteiger partial charge in [0, 0.05) is 36.8 Å². The van der Waals surface area contributed by atoms with Crippen LogP contribution >= 0.6 is 11.6 Å². The van der Waals surface area contributed by atoms with Gasteiger partial charge in [-0.15, -0.1) is 0 Å². The maximum Gasteiger partial charge on any atom is 0.161 e. The molecule has 4 aromatic rings. The van der Waals surface area contributed by atoms with Crippen LogP contribution in [0.3, 0.4) is 0 Å². The average Bonchev–Trinajstić information content (AvgIpc) is 3.42. The van der Waals surface area contributed by atoms with Gasteiger partial charge in [0.25, 0.3) is 0 Å². The van der Waals surface area contributed by atoms with E-state index in [-0.39, 0.29) is 19.3 Å². The second-order valence-corrected chi connectivity index (χ2v) is 11.8. The van der Waals surface area contributed by atoms with Gasteiger partial charge in [0.15, 0.2) is 11.5 Å². The summed E-state index contributed by atoms with van der Waals surface area (Å²) in [5, 5.41) is 20.0. The Bertz CT molecular complexity index is 1830.